The van der Waals surface area contributed by atoms with Crippen LogP contribution in [0.15, 0.2) is 42.5 Å². The molecule has 2 aromatic rings. The SMILES string of the molecule is Oc1ccc(CN2CCC3(CCCN(Cc4ccc(F)c(F)c4)C3)C2)cc1. The Balaban J connectivity index is 1.37. The lowest BCUT2D eigenvalue weighted by Crippen LogP contribution is -2.44. The van der Waals surface area contributed by atoms with Gasteiger partial charge in [-0.2, -0.15) is 0 Å². The molecule has 27 heavy (non-hydrogen) atoms. The van der Waals surface area contributed by atoms with Crippen molar-refractivity contribution in [1.29, 1.82) is 0 Å². The fourth-order valence-electron chi connectivity index (χ4n) is 4.70. The zero-order chi connectivity index (χ0) is 18.9. The van der Waals surface area contributed by atoms with Crippen LogP contribution in [0.3, 0.4) is 0 Å². The first-order chi connectivity index (χ1) is 13.0. The lowest BCUT2D eigenvalue weighted by molar-refractivity contribution is 0.0865. The van der Waals surface area contributed by atoms with Crippen molar-refractivity contribution >= 4 is 0 Å². The van der Waals surface area contributed by atoms with Crippen molar-refractivity contribution in [2.24, 2.45) is 5.41 Å². The summed E-state index contributed by atoms with van der Waals surface area (Å²) in [7, 11) is 0. The second kappa shape index (κ2) is 7.56. The third kappa shape index (κ3) is 4.30. The van der Waals surface area contributed by atoms with Crippen LogP contribution in [0, 0.1) is 17.0 Å². The normalized spacial score (nSPS) is 23.9. The molecular weight excluding hydrogens is 346 g/mol. The molecule has 1 N–H and O–H groups in total. The van der Waals surface area contributed by atoms with E-state index in [9.17, 15) is 13.9 Å². The van der Waals surface area contributed by atoms with Crippen molar-refractivity contribution in [2.75, 3.05) is 26.2 Å². The maximum Gasteiger partial charge on any atom is 0.159 e. The van der Waals surface area contributed by atoms with Gasteiger partial charge in [0.05, 0.1) is 0 Å². The molecule has 0 saturated carbocycles. The monoisotopic (exact) mass is 372 g/mol. The Labute approximate surface area is 159 Å². The predicted octanol–water partition coefficient (Wildman–Crippen LogP) is 4.16. The third-order valence-corrected chi connectivity index (χ3v) is 5.99. The van der Waals surface area contributed by atoms with E-state index in [1.54, 1.807) is 18.2 Å². The van der Waals surface area contributed by atoms with Crippen LogP contribution in [-0.4, -0.2) is 41.1 Å². The van der Waals surface area contributed by atoms with Crippen molar-refractivity contribution in [1.82, 2.24) is 9.80 Å². The number of hydrogen-bond acceptors (Lipinski definition) is 3. The lowest BCUT2D eigenvalue weighted by Gasteiger charge is -2.40. The Morgan fingerprint density at radius 3 is 2.22 bits per heavy atom. The van der Waals surface area contributed by atoms with Gasteiger partial charge in [0.1, 0.15) is 5.75 Å². The number of rotatable bonds is 4. The molecule has 0 aliphatic carbocycles. The van der Waals surface area contributed by atoms with Crippen LogP contribution >= 0.6 is 0 Å². The highest BCUT2D eigenvalue weighted by molar-refractivity contribution is 5.26. The first kappa shape index (κ1) is 18.4. The van der Waals surface area contributed by atoms with Gasteiger partial charge in [-0.3, -0.25) is 9.80 Å². The Hall–Kier alpha value is -1.98. The predicted molar refractivity (Wildman–Crippen MR) is 101 cm³/mol. The van der Waals surface area contributed by atoms with Crippen LogP contribution in [0.1, 0.15) is 30.4 Å². The van der Waals surface area contributed by atoms with Crippen molar-refractivity contribution in [3.63, 3.8) is 0 Å². The number of hydrogen-bond donors (Lipinski definition) is 1. The summed E-state index contributed by atoms with van der Waals surface area (Å²) >= 11 is 0. The van der Waals surface area contributed by atoms with Gasteiger partial charge < -0.3 is 5.11 Å². The van der Waals surface area contributed by atoms with Gasteiger partial charge in [0.2, 0.25) is 0 Å². The molecule has 3 nitrogen and oxygen atoms in total. The zero-order valence-corrected chi connectivity index (χ0v) is 15.5. The topological polar surface area (TPSA) is 26.7 Å². The van der Waals surface area contributed by atoms with Crippen molar-refractivity contribution in [2.45, 2.75) is 32.4 Å². The minimum atomic E-state index is -0.783. The molecule has 0 radical (unpaired) electrons. The molecule has 0 amide bonds. The van der Waals surface area contributed by atoms with Gasteiger partial charge in [-0.15, -0.1) is 0 Å². The molecule has 1 unspecified atom stereocenters. The van der Waals surface area contributed by atoms with Crippen molar-refractivity contribution in [3.05, 3.63) is 65.2 Å². The summed E-state index contributed by atoms with van der Waals surface area (Å²) < 4.78 is 26.6. The van der Waals surface area contributed by atoms with Crippen LogP contribution in [-0.2, 0) is 13.1 Å². The molecule has 2 aromatic carbocycles. The number of aromatic hydroxyl groups is 1. The number of phenolic OH excluding ortho intramolecular Hbond substituents is 1. The van der Waals surface area contributed by atoms with Crippen LogP contribution in [0.2, 0.25) is 0 Å². The molecule has 5 heteroatoms. The van der Waals surface area contributed by atoms with Gasteiger partial charge in [0.15, 0.2) is 11.6 Å². The molecule has 2 aliphatic heterocycles. The summed E-state index contributed by atoms with van der Waals surface area (Å²) in [6, 6.07) is 11.7. The summed E-state index contributed by atoms with van der Waals surface area (Å²) in [5.74, 6) is -1.24. The van der Waals surface area contributed by atoms with Gasteiger partial charge in [-0.25, -0.2) is 8.78 Å². The number of benzene rings is 2. The Bertz CT molecular complexity index is 795. The van der Waals surface area contributed by atoms with Crippen LogP contribution in [0.4, 0.5) is 8.78 Å². The van der Waals surface area contributed by atoms with Gasteiger partial charge in [-0.05, 0) is 73.2 Å². The van der Waals surface area contributed by atoms with E-state index >= 15 is 0 Å². The molecule has 1 spiro atoms. The van der Waals surface area contributed by atoms with E-state index in [2.05, 4.69) is 9.80 Å². The van der Waals surface area contributed by atoms with E-state index in [4.69, 9.17) is 0 Å². The quantitative estimate of drug-likeness (QED) is 0.873. The highest BCUT2D eigenvalue weighted by Crippen LogP contribution is 2.39. The van der Waals surface area contributed by atoms with Crippen LogP contribution in [0.5, 0.6) is 5.75 Å². The second-order valence-electron chi connectivity index (χ2n) is 8.19. The van der Waals surface area contributed by atoms with Crippen LogP contribution < -0.4 is 0 Å². The number of piperidine rings is 1. The first-order valence-electron chi connectivity index (χ1n) is 9.68. The minimum Gasteiger partial charge on any atom is -0.508 e. The minimum absolute atomic E-state index is 0.299. The summed E-state index contributed by atoms with van der Waals surface area (Å²) in [5.41, 5.74) is 2.36. The number of likely N-dealkylation sites (tertiary alicyclic amines) is 2. The van der Waals surface area contributed by atoms with Crippen molar-refractivity contribution < 1.29 is 13.9 Å². The molecule has 144 valence electrons. The zero-order valence-electron chi connectivity index (χ0n) is 15.5. The Morgan fingerprint density at radius 2 is 1.48 bits per heavy atom. The lowest BCUT2D eigenvalue weighted by atomic mass is 9.79. The van der Waals surface area contributed by atoms with E-state index in [1.165, 1.54) is 30.5 Å². The second-order valence-corrected chi connectivity index (χ2v) is 8.19. The smallest absolute Gasteiger partial charge is 0.159 e. The maximum absolute atomic E-state index is 13.5. The molecule has 2 aliphatic rings. The molecule has 2 saturated heterocycles. The summed E-state index contributed by atoms with van der Waals surface area (Å²) in [4.78, 5) is 4.88. The molecular formula is C22H26F2N2O. The maximum atomic E-state index is 13.5. The standard InChI is InChI=1S/C22H26F2N2O/c23-20-7-4-18(12-21(20)24)14-25-10-1-8-22(15-25)9-11-26(16-22)13-17-2-5-19(27)6-3-17/h2-7,12,27H,1,8-11,13-16H2. The Morgan fingerprint density at radius 1 is 0.815 bits per heavy atom. The fraction of sp³-hybridized carbons (Fsp3) is 0.455. The fourth-order valence-corrected chi connectivity index (χ4v) is 4.70. The highest BCUT2D eigenvalue weighted by atomic mass is 19.2. The van der Waals surface area contributed by atoms with E-state index in [1.807, 2.05) is 12.1 Å². The van der Waals surface area contributed by atoms with Gasteiger partial charge >= 0.3 is 0 Å². The molecule has 2 fully saturated rings. The molecule has 2 heterocycles. The van der Waals surface area contributed by atoms with Gasteiger partial charge in [-0.1, -0.05) is 18.2 Å². The third-order valence-electron chi connectivity index (χ3n) is 5.99. The molecule has 1 atom stereocenters. The summed E-state index contributed by atoms with van der Waals surface area (Å²) in [6.45, 7) is 5.76. The van der Waals surface area contributed by atoms with Gasteiger partial charge in [0.25, 0.3) is 0 Å². The Kier molecular flexibility index (Phi) is 5.15. The average molecular weight is 372 g/mol. The average Bonchev–Trinajstić information content (AvgIpc) is 3.02. The molecule has 0 aromatic heterocycles. The number of nitrogens with zero attached hydrogens (tertiary/aromatic N) is 2. The van der Waals surface area contributed by atoms with E-state index in [0.29, 0.717) is 17.7 Å². The van der Waals surface area contributed by atoms with E-state index in [-0.39, 0.29) is 0 Å². The summed E-state index contributed by atoms with van der Waals surface area (Å²) in [5, 5.41) is 9.44. The first-order valence-corrected chi connectivity index (χ1v) is 9.68. The van der Waals surface area contributed by atoms with Crippen LogP contribution in [0.25, 0.3) is 0 Å². The molecule has 0 bridgehead atoms. The van der Waals surface area contributed by atoms with Crippen molar-refractivity contribution in [3.8, 4) is 5.75 Å². The molecule has 4 rings (SSSR count). The summed E-state index contributed by atoms with van der Waals surface area (Å²) in [6.07, 6.45) is 3.56. The number of phenols is 1. The van der Waals surface area contributed by atoms with Gasteiger partial charge in [0, 0.05) is 26.2 Å². The van der Waals surface area contributed by atoms with E-state index in [0.717, 1.165) is 44.7 Å². The van der Waals surface area contributed by atoms with E-state index < -0.39 is 11.6 Å². The largest absolute Gasteiger partial charge is 0.508 e. The highest BCUT2D eigenvalue weighted by Gasteiger charge is 2.41. The number of halogens is 2.